The van der Waals surface area contributed by atoms with Gasteiger partial charge in [0.2, 0.25) is 11.8 Å². The highest BCUT2D eigenvalue weighted by atomic mass is 16.8. The third kappa shape index (κ3) is 13.7. The molecule has 15 atom stereocenters. The van der Waals surface area contributed by atoms with Crippen molar-refractivity contribution in [3.05, 3.63) is 45.3 Å². The maximum absolute atomic E-state index is 13.2. The molecule has 60 heavy (non-hydrogen) atoms. The number of hydrogen-bond acceptors (Lipinski definition) is 16. The second kappa shape index (κ2) is 24.5. The van der Waals surface area contributed by atoms with Crippen molar-refractivity contribution in [1.82, 2.24) is 20.2 Å². The van der Waals surface area contributed by atoms with Crippen LogP contribution in [0.15, 0.2) is 34.0 Å². The molecule has 3 aliphatic heterocycles. The number of allylic oxidation sites excluding steroid dienone is 1. The van der Waals surface area contributed by atoms with Crippen molar-refractivity contribution in [2.24, 2.45) is 0 Å². The van der Waals surface area contributed by atoms with Crippen LogP contribution in [0, 0.1) is 0 Å². The standard InChI is InChI=1S/C40H66N4O16/c1-3-4-5-6-7-8-9-10-11-12-13-14-15-16-17-26(48)42-29-33(53)30(50)24(57-39(29)60-38-28(41-22(2)46)32(52)31(51)25(21-45)58-38)20-23(47)36-34(54)35(55)37(59-36)44-19-18-27(49)43-40(44)56/h16-19,23-25,28-39,45,47,50-55H,3-15,20-21H2,1-2H3,(H,41,46)(H,42,48)(H,43,49,56)/b17-16+/t23?,24?,25-,28-,29-,30+,31-,32-,33-,34+,35-,36-,37-,38-,39+/m1/s1. The molecule has 0 radical (unpaired) electrons. The van der Waals surface area contributed by atoms with Gasteiger partial charge in [0, 0.05) is 25.6 Å². The maximum Gasteiger partial charge on any atom is 0.330 e. The van der Waals surface area contributed by atoms with Crippen LogP contribution in [0.3, 0.4) is 0 Å². The van der Waals surface area contributed by atoms with Gasteiger partial charge >= 0.3 is 5.69 Å². The Balaban J connectivity index is 1.42. The molecule has 0 spiro atoms. The first kappa shape index (κ1) is 49.5. The maximum atomic E-state index is 13.2. The molecular weight excluding hydrogens is 792 g/mol. The number of aromatic nitrogens is 2. The quantitative estimate of drug-likeness (QED) is 0.0438. The minimum absolute atomic E-state index is 0.597. The van der Waals surface area contributed by atoms with E-state index in [9.17, 15) is 60.0 Å². The molecule has 3 saturated heterocycles. The lowest BCUT2D eigenvalue weighted by molar-refractivity contribution is -0.346. The van der Waals surface area contributed by atoms with Crippen LogP contribution in [-0.2, 0) is 28.5 Å². The van der Waals surface area contributed by atoms with Gasteiger partial charge in [0.05, 0.1) is 18.8 Å². The molecule has 0 bridgehead atoms. The van der Waals surface area contributed by atoms with E-state index in [1.165, 1.54) is 57.4 Å². The van der Waals surface area contributed by atoms with Gasteiger partial charge in [-0.3, -0.25) is 23.9 Å². The molecule has 20 heteroatoms. The molecule has 1 aromatic heterocycles. The van der Waals surface area contributed by atoms with Gasteiger partial charge in [-0.1, -0.05) is 83.6 Å². The fraction of sp³-hybridized carbons (Fsp3) is 0.800. The summed E-state index contributed by atoms with van der Waals surface area (Å²) in [5, 5.41) is 91.5. The van der Waals surface area contributed by atoms with Crippen molar-refractivity contribution in [3.63, 3.8) is 0 Å². The zero-order valence-electron chi connectivity index (χ0n) is 34.4. The molecule has 0 aliphatic carbocycles. The van der Waals surface area contributed by atoms with Crippen LogP contribution in [0.5, 0.6) is 0 Å². The van der Waals surface area contributed by atoms with Gasteiger partial charge in [-0.2, -0.15) is 0 Å². The number of amides is 2. The van der Waals surface area contributed by atoms with Crippen molar-refractivity contribution < 1.29 is 69.4 Å². The minimum Gasteiger partial charge on any atom is -0.394 e. The van der Waals surface area contributed by atoms with Gasteiger partial charge in [0.15, 0.2) is 18.8 Å². The van der Waals surface area contributed by atoms with E-state index >= 15 is 0 Å². The number of carbonyl (C=O) groups excluding carboxylic acids is 2. The number of aliphatic hydroxyl groups excluding tert-OH is 8. The highest BCUT2D eigenvalue weighted by molar-refractivity contribution is 5.87. The number of carbonyl (C=O) groups is 2. The molecule has 4 rings (SSSR count). The van der Waals surface area contributed by atoms with Gasteiger partial charge in [-0.05, 0) is 18.9 Å². The summed E-state index contributed by atoms with van der Waals surface area (Å²) in [5.74, 6) is -1.35. The number of H-pyrrole nitrogens is 1. The first-order chi connectivity index (χ1) is 28.7. The van der Waals surface area contributed by atoms with Crippen molar-refractivity contribution in [2.75, 3.05) is 6.61 Å². The Morgan fingerprint density at radius 3 is 1.90 bits per heavy atom. The second-order valence-electron chi connectivity index (χ2n) is 16.0. The van der Waals surface area contributed by atoms with Crippen molar-refractivity contribution in [2.45, 2.75) is 196 Å². The number of nitrogens with one attached hydrogen (secondary N) is 3. The smallest absolute Gasteiger partial charge is 0.330 e. The summed E-state index contributed by atoms with van der Waals surface area (Å²) in [6.07, 6.45) is -3.63. The molecule has 0 aromatic carbocycles. The molecule has 20 nitrogen and oxygen atoms in total. The average Bonchev–Trinajstić information content (AvgIpc) is 3.50. The van der Waals surface area contributed by atoms with E-state index < -0.39 is 128 Å². The van der Waals surface area contributed by atoms with E-state index in [0.29, 0.717) is 6.42 Å². The van der Waals surface area contributed by atoms with E-state index in [0.717, 1.165) is 49.4 Å². The number of unbranched alkanes of at least 4 members (excludes halogenated alkanes) is 12. The van der Waals surface area contributed by atoms with Crippen LogP contribution in [-0.4, -0.2) is 155 Å². The zero-order chi connectivity index (χ0) is 43.9. The lowest BCUT2D eigenvalue weighted by atomic mass is 9.91. The Labute approximate surface area is 348 Å². The van der Waals surface area contributed by atoms with Gasteiger partial charge in [-0.25, -0.2) is 4.79 Å². The fourth-order valence-corrected chi connectivity index (χ4v) is 7.85. The van der Waals surface area contributed by atoms with Crippen LogP contribution in [0.4, 0.5) is 0 Å². The molecule has 342 valence electrons. The lowest BCUT2D eigenvalue weighted by Gasteiger charge is -2.47. The fourth-order valence-electron chi connectivity index (χ4n) is 7.85. The Bertz CT molecular complexity index is 1610. The van der Waals surface area contributed by atoms with Crippen molar-refractivity contribution >= 4 is 11.8 Å². The van der Waals surface area contributed by atoms with Crippen LogP contribution in [0.2, 0.25) is 0 Å². The first-order valence-electron chi connectivity index (χ1n) is 21.2. The van der Waals surface area contributed by atoms with Crippen LogP contribution in [0.25, 0.3) is 0 Å². The largest absolute Gasteiger partial charge is 0.394 e. The minimum atomic E-state index is -1.85. The van der Waals surface area contributed by atoms with Gasteiger partial charge in [-0.15, -0.1) is 0 Å². The summed E-state index contributed by atoms with van der Waals surface area (Å²) in [4.78, 5) is 51.2. The predicted molar refractivity (Wildman–Crippen MR) is 212 cm³/mol. The second-order valence-corrected chi connectivity index (χ2v) is 16.0. The van der Waals surface area contributed by atoms with E-state index in [1.807, 2.05) is 4.98 Å². The van der Waals surface area contributed by atoms with E-state index in [1.54, 1.807) is 6.08 Å². The Morgan fingerprint density at radius 1 is 0.783 bits per heavy atom. The third-order valence-electron chi connectivity index (χ3n) is 11.3. The summed E-state index contributed by atoms with van der Waals surface area (Å²) in [5.41, 5.74) is -1.68. The number of ether oxygens (including phenoxy) is 4. The first-order valence-corrected chi connectivity index (χ1v) is 21.2. The molecule has 3 aliphatic rings. The summed E-state index contributed by atoms with van der Waals surface area (Å²) in [6.45, 7) is 2.56. The van der Waals surface area contributed by atoms with Crippen LogP contribution >= 0.6 is 0 Å². The molecule has 1 aromatic rings. The van der Waals surface area contributed by atoms with Gasteiger partial charge < -0.3 is 70.4 Å². The lowest BCUT2D eigenvalue weighted by Crippen LogP contribution is -2.68. The van der Waals surface area contributed by atoms with Crippen LogP contribution in [0.1, 0.15) is 110 Å². The van der Waals surface area contributed by atoms with E-state index in [2.05, 4.69) is 17.6 Å². The average molecular weight is 859 g/mol. The Kier molecular flexibility index (Phi) is 20.2. The molecule has 11 N–H and O–H groups in total. The summed E-state index contributed by atoms with van der Waals surface area (Å²) >= 11 is 0. The number of nitrogens with zero attached hydrogens (tertiary/aromatic N) is 1. The molecule has 2 unspecified atom stereocenters. The summed E-state index contributed by atoms with van der Waals surface area (Å²) in [6, 6.07) is -2.01. The topological polar surface area (TPSA) is 312 Å². The van der Waals surface area contributed by atoms with Crippen molar-refractivity contribution in [3.8, 4) is 0 Å². The van der Waals surface area contributed by atoms with E-state index in [-0.39, 0.29) is 0 Å². The number of rotatable bonds is 23. The molecule has 0 saturated carbocycles. The van der Waals surface area contributed by atoms with Crippen LogP contribution < -0.4 is 21.9 Å². The zero-order valence-corrected chi connectivity index (χ0v) is 34.4. The normalized spacial score (nSPS) is 33.8. The highest BCUT2D eigenvalue weighted by Crippen LogP contribution is 2.34. The third-order valence-corrected chi connectivity index (χ3v) is 11.3. The van der Waals surface area contributed by atoms with Gasteiger partial charge in [0.1, 0.15) is 60.9 Å². The van der Waals surface area contributed by atoms with E-state index in [4.69, 9.17) is 18.9 Å². The number of aromatic amines is 1. The SMILES string of the molecule is CCCCCCCCCCCCCC/C=C/C(=O)N[C@H]1[C@H](O[C@H]2O[C@H](CO)[C@@H](O)[C@H](O)[C@H]2NC(C)=O)OC(CC(O)[C@H]2O[C@@H](n3ccc(=O)[nH]c3=O)[C@H](O)[C@@H]2O)[C@H](O)[C@@H]1O. The Hall–Kier alpha value is -3.12. The molecule has 2 amide bonds. The summed E-state index contributed by atoms with van der Waals surface area (Å²) in [7, 11) is 0. The monoisotopic (exact) mass is 858 g/mol. The highest BCUT2D eigenvalue weighted by Gasteiger charge is 2.53. The molecule has 4 heterocycles. The van der Waals surface area contributed by atoms with Gasteiger partial charge in [0.25, 0.3) is 5.56 Å². The molecule has 3 fully saturated rings. The predicted octanol–water partition coefficient (Wildman–Crippen LogP) is -1.55. The Morgan fingerprint density at radius 2 is 1.33 bits per heavy atom. The summed E-state index contributed by atoms with van der Waals surface area (Å²) < 4.78 is 24.1. The number of aliphatic hydroxyl groups is 8. The molecular formula is C40H66N4O16. The number of hydrogen-bond donors (Lipinski definition) is 11. The van der Waals surface area contributed by atoms with Crippen molar-refractivity contribution in [1.29, 1.82) is 0 Å².